The van der Waals surface area contributed by atoms with Gasteiger partial charge < -0.3 is 59.4 Å². The van der Waals surface area contributed by atoms with E-state index in [1.165, 1.54) is 44.6 Å². The molecule has 0 bridgehead atoms. The van der Waals surface area contributed by atoms with Crippen LogP contribution < -0.4 is 14.2 Å². The molecule has 1 fully saturated rings. The van der Waals surface area contributed by atoms with Gasteiger partial charge in [-0.2, -0.15) is 0 Å². The summed E-state index contributed by atoms with van der Waals surface area (Å²) in [6.45, 7) is 2.75. The van der Waals surface area contributed by atoms with Crippen molar-refractivity contribution >= 4 is 11.9 Å². The van der Waals surface area contributed by atoms with E-state index in [0.29, 0.717) is 12.0 Å². The summed E-state index contributed by atoms with van der Waals surface area (Å²) < 4.78 is 27.8. The lowest BCUT2D eigenvalue weighted by Crippen LogP contribution is -2.52. The van der Waals surface area contributed by atoms with Crippen LogP contribution in [0.25, 0.3) is 6.08 Å². The summed E-state index contributed by atoms with van der Waals surface area (Å²) in [6.07, 6.45) is -4.44. The van der Waals surface area contributed by atoms with E-state index in [9.17, 15) is 35.4 Å². The van der Waals surface area contributed by atoms with Crippen LogP contribution in [-0.4, -0.2) is 112 Å². The minimum absolute atomic E-state index is 0.0138. The number of allylic oxidation sites excluding steroid dienone is 1. The maximum absolute atomic E-state index is 12.9. The number of benzene rings is 2. The molecule has 13 nitrogen and oxygen atoms in total. The lowest BCUT2D eigenvalue weighted by molar-refractivity contribution is -0.236. The molecule has 1 aliphatic heterocycles. The molecular weight excluding hydrogens is 580 g/mol. The van der Waals surface area contributed by atoms with E-state index < -0.39 is 67.0 Å². The average Bonchev–Trinajstić information content (AvgIpc) is 2.99. The zero-order valence-corrected chi connectivity index (χ0v) is 25.1. The topological polar surface area (TPSA) is 205 Å². The maximum atomic E-state index is 12.9. The van der Waals surface area contributed by atoms with Crippen molar-refractivity contribution in [3.05, 3.63) is 47.5 Å². The molecule has 0 aliphatic carbocycles. The van der Waals surface area contributed by atoms with E-state index in [4.69, 9.17) is 28.8 Å². The van der Waals surface area contributed by atoms with Gasteiger partial charge >= 0.3 is 0 Å². The van der Waals surface area contributed by atoms with Gasteiger partial charge in [0.2, 0.25) is 6.29 Å². The van der Waals surface area contributed by atoms with Gasteiger partial charge in [0.15, 0.2) is 17.3 Å². The van der Waals surface area contributed by atoms with E-state index in [0.717, 1.165) is 0 Å². The van der Waals surface area contributed by atoms with Gasteiger partial charge in [0.25, 0.3) is 0 Å². The summed E-state index contributed by atoms with van der Waals surface area (Å²) >= 11 is 0. The van der Waals surface area contributed by atoms with E-state index in [2.05, 4.69) is 0 Å². The highest BCUT2D eigenvalue weighted by molar-refractivity contribution is 6.10. The summed E-state index contributed by atoms with van der Waals surface area (Å²) in [4.78, 5) is 12.9. The molecular formula is C31H42O13. The SMILES string of the molecule is COc1ccc(/C=C/C(=O)c2c(O)cc(O[C@H]3CC(O)[C@H](O)C(COC(C)CC(C)C(O)C(O)CO)O3)cc2OC)cc1O. The summed E-state index contributed by atoms with van der Waals surface area (Å²) in [6, 6.07) is 7.18. The molecule has 0 radical (unpaired) electrons. The number of aliphatic hydroxyl groups excluding tert-OH is 5. The van der Waals surface area contributed by atoms with Crippen LogP contribution in [0.4, 0.5) is 0 Å². The Morgan fingerprint density at radius 3 is 2.39 bits per heavy atom. The lowest BCUT2D eigenvalue weighted by Gasteiger charge is -2.37. The standard InChI is InChI=1S/C31H42O13/c1-16(30(38)24(37)14-32)9-17(2)42-15-27-31(39)23(36)13-28(44-27)43-19-11-22(35)29(26(12-19)41-4)20(33)7-5-18-6-8-25(40-3)21(34)10-18/h5-8,10-12,16-17,23-24,27-28,30-32,34-39H,9,13-15H2,1-4H3/b7-5+/t16?,17?,23?,24?,27?,28-,30?,31+/m1/s1. The Hall–Kier alpha value is -3.43. The summed E-state index contributed by atoms with van der Waals surface area (Å²) in [5.41, 5.74) is 0.394. The van der Waals surface area contributed by atoms with Crippen LogP contribution in [0, 0.1) is 5.92 Å². The number of aromatic hydroxyl groups is 2. The number of ether oxygens (including phenoxy) is 5. The second-order valence-corrected chi connectivity index (χ2v) is 10.8. The van der Waals surface area contributed by atoms with Crippen molar-refractivity contribution < 1.29 is 64.2 Å². The quantitative estimate of drug-likeness (QED) is 0.111. The molecule has 8 atom stereocenters. The van der Waals surface area contributed by atoms with E-state index in [1.54, 1.807) is 26.0 Å². The van der Waals surface area contributed by atoms with E-state index in [1.807, 2.05) is 0 Å². The Morgan fingerprint density at radius 2 is 1.75 bits per heavy atom. The fourth-order valence-corrected chi connectivity index (χ4v) is 4.88. The van der Waals surface area contributed by atoms with Gasteiger partial charge in [-0.05, 0) is 43.0 Å². The molecule has 1 aliphatic rings. The fourth-order valence-electron chi connectivity index (χ4n) is 4.88. The number of methoxy groups -OCH3 is 2. The molecule has 0 aromatic heterocycles. The van der Waals surface area contributed by atoms with Crippen LogP contribution in [0.2, 0.25) is 0 Å². The minimum Gasteiger partial charge on any atom is -0.507 e. The molecule has 7 N–H and O–H groups in total. The predicted molar refractivity (Wildman–Crippen MR) is 157 cm³/mol. The third-order valence-corrected chi connectivity index (χ3v) is 7.37. The molecule has 0 spiro atoms. The second-order valence-electron chi connectivity index (χ2n) is 10.8. The zero-order valence-electron chi connectivity index (χ0n) is 25.1. The highest BCUT2D eigenvalue weighted by atomic mass is 16.7. The smallest absolute Gasteiger partial charge is 0.202 e. The minimum atomic E-state index is -1.27. The Labute approximate surface area is 255 Å². The van der Waals surface area contributed by atoms with Gasteiger partial charge in [-0.3, -0.25) is 4.79 Å². The van der Waals surface area contributed by atoms with E-state index >= 15 is 0 Å². The predicted octanol–water partition coefficient (Wildman–Crippen LogP) is 1.37. The summed E-state index contributed by atoms with van der Waals surface area (Å²) in [5.74, 6) is -1.13. The number of hydrogen-bond acceptors (Lipinski definition) is 13. The largest absolute Gasteiger partial charge is 0.507 e. The number of rotatable bonds is 15. The van der Waals surface area contributed by atoms with Crippen LogP contribution in [-0.2, 0) is 9.47 Å². The Bertz CT molecular complexity index is 1270. The van der Waals surface area contributed by atoms with Crippen molar-refractivity contribution in [1.82, 2.24) is 0 Å². The molecule has 0 amide bonds. The average molecular weight is 623 g/mol. The highest BCUT2D eigenvalue weighted by Gasteiger charge is 2.38. The second kappa shape index (κ2) is 16.0. The molecule has 3 rings (SSSR count). The maximum Gasteiger partial charge on any atom is 0.202 e. The molecule has 2 aromatic carbocycles. The number of ketones is 1. The van der Waals surface area contributed by atoms with Gasteiger partial charge in [-0.25, -0.2) is 0 Å². The van der Waals surface area contributed by atoms with Crippen LogP contribution in [0.3, 0.4) is 0 Å². The van der Waals surface area contributed by atoms with Crippen LogP contribution in [0.15, 0.2) is 36.4 Å². The third-order valence-electron chi connectivity index (χ3n) is 7.37. The van der Waals surface area contributed by atoms with Crippen molar-refractivity contribution in [2.45, 2.75) is 69.6 Å². The van der Waals surface area contributed by atoms with Gasteiger partial charge in [0.05, 0.1) is 45.7 Å². The number of carbonyl (C=O) groups is 1. The Kier molecular flexibility index (Phi) is 12.8. The van der Waals surface area contributed by atoms with Gasteiger partial charge in [0.1, 0.15) is 41.1 Å². The van der Waals surface area contributed by atoms with Crippen molar-refractivity contribution in [1.29, 1.82) is 0 Å². The fraction of sp³-hybridized carbons (Fsp3) is 0.516. The highest BCUT2D eigenvalue weighted by Crippen LogP contribution is 2.36. The van der Waals surface area contributed by atoms with Gasteiger partial charge in [0, 0.05) is 18.6 Å². The zero-order chi connectivity index (χ0) is 32.6. The molecule has 0 saturated carbocycles. The lowest BCUT2D eigenvalue weighted by atomic mass is 9.94. The Balaban J connectivity index is 1.65. The first kappa shape index (κ1) is 35.1. The molecule has 1 heterocycles. The first-order valence-electron chi connectivity index (χ1n) is 14.2. The van der Waals surface area contributed by atoms with Crippen molar-refractivity contribution in [2.75, 3.05) is 27.4 Å². The number of carbonyl (C=O) groups excluding carboxylic acids is 1. The number of aliphatic hydroxyl groups is 5. The number of hydrogen-bond donors (Lipinski definition) is 7. The molecule has 2 aromatic rings. The summed E-state index contributed by atoms with van der Waals surface area (Å²) in [5, 5.41) is 70.3. The molecule has 13 heteroatoms. The molecule has 6 unspecified atom stereocenters. The third kappa shape index (κ3) is 9.05. The van der Waals surface area contributed by atoms with Crippen LogP contribution in [0.1, 0.15) is 42.6 Å². The first-order chi connectivity index (χ1) is 20.9. The van der Waals surface area contributed by atoms with E-state index in [-0.39, 0.29) is 41.6 Å². The number of phenolic OH excluding ortho intramolecular Hbond substituents is 2. The first-order valence-corrected chi connectivity index (χ1v) is 14.2. The molecule has 1 saturated heterocycles. The van der Waals surface area contributed by atoms with Crippen molar-refractivity contribution in [2.24, 2.45) is 5.92 Å². The number of phenols is 2. The van der Waals surface area contributed by atoms with Gasteiger partial charge in [-0.15, -0.1) is 0 Å². The van der Waals surface area contributed by atoms with Crippen molar-refractivity contribution in [3.8, 4) is 28.7 Å². The monoisotopic (exact) mass is 622 g/mol. The molecule has 244 valence electrons. The normalized spacial score (nSPS) is 23.1. The summed E-state index contributed by atoms with van der Waals surface area (Å²) in [7, 11) is 2.74. The van der Waals surface area contributed by atoms with Crippen LogP contribution >= 0.6 is 0 Å². The van der Waals surface area contributed by atoms with Crippen molar-refractivity contribution in [3.63, 3.8) is 0 Å². The van der Waals surface area contributed by atoms with Crippen LogP contribution in [0.5, 0.6) is 28.7 Å². The van der Waals surface area contributed by atoms with Gasteiger partial charge in [-0.1, -0.05) is 19.1 Å². The Morgan fingerprint density at radius 1 is 1.05 bits per heavy atom. The molecule has 44 heavy (non-hydrogen) atoms.